The zero-order chi connectivity index (χ0) is 17.9. The molecule has 132 valence electrons. The van der Waals surface area contributed by atoms with Crippen LogP contribution in [0.3, 0.4) is 0 Å². The van der Waals surface area contributed by atoms with Crippen molar-refractivity contribution in [2.75, 3.05) is 12.4 Å². The van der Waals surface area contributed by atoms with Crippen LogP contribution in [-0.4, -0.2) is 32.1 Å². The summed E-state index contributed by atoms with van der Waals surface area (Å²) < 4.78 is 7.81. The van der Waals surface area contributed by atoms with Crippen molar-refractivity contribution in [1.82, 2.24) is 19.7 Å². The molecule has 6 heteroatoms. The summed E-state index contributed by atoms with van der Waals surface area (Å²) in [6, 6.07) is 16.3. The summed E-state index contributed by atoms with van der Waals surface area (Å²) in [6.45, 7) is 2.70. The smallest absolute Gasteiger partial charge is 0.191 e. The Morgan fingerprint density at radius 2 is 1.88 bits per heavy atom. The Bertz CT molecular complexity index is 1020. The zero-order valence-electron chi connectivity index (χ0n) is 14.8. The number of H-pyrrole nitrogens is 1. The van der Waals surface area contributed by atoms with Crippen molar-refractivity contribution in [3.63, 3.8) is 0 Å². The molecule has 0 aliphatic heterocycles. The number of thioether (sulfide) groups is 1. The van der Waals surface area contributed by atoms with E-state index >= 15 is 0 Å². The van der Waals surface area contributed by atoms with E-state index in [1.807, 2.05) is 42.1 Å². The molecular weight excluding hydrogens is 344 g/mol. The van der Waals surface area contributed by atoms with Crippen LogP contribution in [0.1, 0.15) is 5.56 Å². The monoisotopic (exact) mass is 364 g/mol. The van der Waals surface area contributed by atoms with Gasteiger partial charge in [0.2, 0.25) is 0 Å². The molecule has 0 aliphatic rings. The van der Waals surface area contributed by atoms with Gasteiger partial charge in [0, 0.05) is 35.5 Å². The second-order valence-electron chi connectivity index (χ2n) is 6.12. The number of fused-ring (bicyclic) bond motifs is 1. The number of para-hydroxylation sites is 1. The van der Waals surface area contributed by atoms with Crippen LogP contribution in [0.25, 0.3) is 22.3 Å². The van der Waals surface area contributed by atoms with Crippen molar-refractivity contribution in [1.29, 1.82) is 0 Å². The summed E-state index contributed by atoms with van der Waals surface area (Å²) in [4.78, 5) is 3.29. The summed E-state index contributed by atoms with van der Waals surface area (Å²) in [6.07, 6.45) is 1.99. The number of hydrogen-bond donors (Lipinski definition) is 1. The Labute approximate surface area is 156 Å². The number of aromatic nitrogens is 4. The maximum absolute atomic E-state index is 5.78. The number of hydrogen-bond acceptors (Lipinski definition) is 4. The van der Waals surface area contributed by atoms with Gasteiger partial charge in [0.15, 0.2) is 11.0 Å². The van der Waals surface area contributed by atoms with E-state index in [0.717, 1.165) is 38.9 Å². The van der Waals surface area contributed by atoms with Gasteiger partial charge in [-0.1, -0.05) is 47.7 Å². The van der Waals surface area contributed by atoms with E-state index in [2.05, 4.69) is 46.4 Å². The van der Waals surface area contributed by atoms with Gasteiger partial charge in [-0.3, -0.25) is 0 Å². The Balaban J connectivity index is 1.42. The zero-order valence-corrected chi connectivity index (χ0v) is 15.6. The van der Waals surface area contributed by atoms with Crippen LogP contribution >= 0.6 is 11.8 Å². The highest BCUT2D eigenvalue weighted by atomic mass is 32.2. The molecule has 0 fully saturated rings. The minimum atomic E-state index is 0.628. The predicted octanol–water partition coefficient (Wildman–Crippen LogP) is 4.44. The van der Waals surface area contributed by atoms with Crippen LogP contribution in [0.15, 0.2) is 59.9 Å². The number of ether oxygens (including phenoxy) is 1. The van der Waals surface area contributed by atoms with Crippen molar-refractivity contribution < 1.29 is 4.74 Å². The number of benzene rings is 2. The van der Waals surface area contributed by atoms with E-state index in [4.69, 9.17) is 4.74 Å². The van der Waals surface area contributed by atoms with Crippen molar-refractivity contribution in [2.45, 2.75) is 12.1 Å². The van der Waals surface area contributed by atoms with Gasteiger partial charge < -0.3 is 14.3 Å². The van der Waals surface area contributed by atoms with E-state index in [0.29, 0.717) is 6.61 Å². The molecule has 0 unspecified atom stereocenters. The molecule has 0 spiro atoms. The van der Waals surface area contributed by atoms with Gasteiger partial charge in [0.05, 0.1) is 6.61 Å². The lowest BCUT2D eigenvalue weighted by molar-refractivity contribution is 0.344. The Hall–Kier alpha value is -2.73. The van der Waals surface area contributed by atoms with Crippen molar-refractivity contribution in [3.8, 4) is 17.1 Å². The lowest BCUT2D eigenvalue weighted by atomic mass is 10.1. The Morgan fingerprint density at radius 3 is 2.73 bits per heavy atom. The normalized spacial score (nSPS) is 11.2. The summed E-state index contributed by atoms with van der Waals surface area (Å²) in [7, 11) is 2.00. The van der Waals surface area contributed by atoms with Crippen LogP contribution in [0.4, 0.5) is 0 Å². The van der Waals surface area contributed by atoms with Gasteiger partial charge in [0.25, 0.3) is 0 Å². The van der Waals surface area contributed by atoms with Crippen LogP contribution in [0.5, 0.6) is 5.75 Å². The van der Waals surface area contributed by atoms with Crippen LogP contribution in [0.2, 0.25) is 0 Å². The first-order valence-electron chi connectivity index (χ1n) is 8.50. The van der Waals surface area contributed by atoms with Gasteiger partial charge in [-0.05, 0) is 25.1 Å². The van der Waals surface area contributed by atoms with Gasteiger partial charge in [-0.2, -0.15) is 0 Å². The lowest BCUT2D eigenvalue weighted by Crippen LogP contribution is -2.02. The molecule has 4 aromatic rings. The topological polar surface area (TPSA) is 55.7 Å². The van der Waals surface area contributed by atoms with E-state index in [1.165, 1.54) is 5.56 Å². The molecule has 2 aromatic heterocycles. The highest BCUT2D eigenvalue weighted by Crippen LogP contribution is 2.29. The van der Waals surface area contributed by atoms with Crippen LogP contribution in [-0.2, 0) is 7.05 Å². The molecule has 0 amide bonds. The average molecular weight is 364 g/mol. The molecule has 5 nitrogen and oxygen atoms in total. The van der Waals surface area contributed by atoms with E-state index < -0.39 is 0 Å². The lowest BCUT2D eigenvalue weighted by Gasteiger charge is -2.06. The van der Waals surface area contributed by atoms with Gasteiger partial charge in [-0.25, -0.2) is 0 Å². The first-order chi connectivity index (χ1) is 12.7. The molecule has 4 rings (SSSR count). The molecule has 1 N–H and O–H groups in total. The molecule has 0 atom stereocenters. The molecule has 0 aliphatic carbocycles. The maximum Gasteiger partial charge on any atom is 0.191 e. The summed E-state index contributed by atoms with van der Waals surface area (Å²) in [5, 5.41) is 10.8. The summed E-state index contributed by atoms with van der Waals surface area (Å²) >= 11 is 1.65. The fourth-order valence-electron chi connectivity index (χ4n) is 2.86. The number of rotatable bonds is 6. The summed E-state index contributed by atoms with van der Waals surface area (Å²) in [5.41, 5.74) is 3.40. The Kier molecular flexibility index (Phi) is 4.67. The fraction of sp³-hybridized carbons (Fsp3) is 0.200. The third-order valence-electron chi connectivity index (χ3n) is 4.27. The van der Waals surface area contributed by atoms with E-state index in [1.54, 1.807) is 11.8 Å². The fourth-order valence-corrected chi connectivity index (χ4v) is 3.59. The highest BCUT2D eigenvalue weighted by molar-refractivity contribution is 7.99. The molecule has 0 saturated heterocycles. The molecule has 2 aromatic carbocycles. The number of aryl methyl sites for hydroxylation is 1. The molecule has 26 heavy (non-hydrogen) atoms. The van der Waals surface area contributed by atoms with Crippen molar-refractivity contribution in [2.24, 2.45) is 7.05 Å². The quantitative estimate of drug-likeness (QED) is 0.406. The van der Waals surface area contributed by atoms with Crippen molar-refractivity contribution in [3.05, 3.63) is 60.3 Å². The van der Waals surface area contributed by atoms with Crippen molar-refractivity contribution >= 4 is 22.7 Å². The minimum Gasteiger partial charge on any atom is -0.493 e. The second kappa shape index (κ2) is 7.25. The first-order valence-corrected chi connectivity index (χ1v) is 9.49. The predicted molar refractivity (Wildman–Crippen MR) is 106 cm³/mol. The molecular formula is C20H20N4OS. The molecule has 2 heterocycles. The minimum absolute atomic E-state index is 0.628. The van der Waals surface area contributed by atoms with E-state index in [-0.39, 0.29) is 0 Å². The Morgan fingerprint density at radius 1 is 1.08 bits per heavy atom. The second-order valence-corrected chi connectivity index (χ2v) is 7.19. The van der Waals surface area contributed by atoms with Crippen LogP contribution in [0, 0.1) is 6.92 Å². The van der Waals surface area contributed by atoms with Gasteiger partial charge in [0.1, 0.15) is 5.75 Å². The van der Waals surface area contributed by atoms with Gasteiger partial charge in [-0.15, -0.1) is 10.2 Å². The average Bonchev–Trinajstić information content (AvgIpc) is 3.24. The molecule has 0 bridgehead atoms. The third kappa shape index (κ3) is 3.32. The van der Waals surface area contributed by atoms with Crippen LogP contribution < -0.4 is 4.74 Å². The SMILES string of the molecule is Cc1ccc(OCCSc2nnc(-c3c[nH]c4ccccc34)n2C)cc1. The van der Waals surface area contributed by atoms with Gasteiger partial charge >= 0.3 is 0 Å². The first kappa shape index (κ1) is 16.7. The largest absolute Gasteiger partial charge is 0.493 e. The third-order valence-corrected chi connectivity index (χ3v) is 5.25. The maximum atomic E-state index is 5.78. The summed E-state index contributed by atoms with van der Waals surface area (Å²) in [5.74, 6) is 2.58. The van der Waals surface area contributed by atoms with E-state index in [9.17, 15) is 0 Å². The number of aromatic amines is 1. The number of nitrogens with zero attached hydrogens (tertiary/aromatic N) is 3. The standard InChI is InChI=1S/C20H20N4OS/c1-14-7-9-15(10-8-14)25-11-12-26-20-23-22-19(24(20)2)17-13-21-18-6-4-3-5-16(17)18/h3-10,13,21H,11-12H2,1-2H3. The highest BCUT2D eigenvalue weighted by Gasteiger charge is 2.14. The molecule has 0 saturated carbocycles. The molecule has 0 radical (unpaired) electrons. The number of nitrogens with one attached hydrogen (secondary N) is 1.